The normalized spacial score (nSPS) is 15.7. The number of carbonyl (C=O) groups is 1. The summed E-state index contributed by atoms with van der Waals surface area (Å²) >= 11 is 0. The van der Waals surface area contributed by atoms with Crippen LogP contribution in [0, 0.1) is 0 Å². The van der Waals surface area contributed by atoms with Crippen LogP contribution >= 0.6 is 0 Å². The molecule has 1 aromatic carbocycles. The van der Waals surface area contributed by atoms with Crippen molar-refractivity contribution in [1.29, 1.82) is 0 Å². The largest absolute Gasteiger partial charge is 0.416 e. The molecule has 1 N–H and O–H groups in total. The van der Waals surface area contributed by atoms with Crippen LogP contribution in [-0.4, -0.2) is 18.5 Å². The number of nitrogens with one attached hydrogen (secondary N) is 1. The molecule has 0 fully saturated rings. The molecule has 98 valence electrons. The van der Waals surface area contributed by atoms with E-state index >= 15 is 0 Å². The Labute approximate surface area is 103 Å². The van der Waals surface area contributed by atoms with Crippen molar-refractivity contribution in [1.82, 2.24) is 0 Å². The van der Waals surface area contributed by atoms with Gasteiger partial charge in [0.15, 0.2) is 0 Å². The summed E-state index contributed by atoms with van der Waals surface area (Å²) in [7, 11) is 0. The maximum atomic E-state index is 12.6. The predicted octanol–water partition coefficient (Wildman–Crippen LogP) is 2.87. The van der Waals surface area contributed by atoms with Gasteiger partial charge in [0.1, 0.15) is 0 Å². The van der Waals surface area contributed by atoms with E-state index in [1.54, 1.807) is 0 Å². The van der Waals surface area contributed by atoms with E-state index in [4.69, 9.17) is 0 Å². The first-order valence-corrected chi connectivity index (χ1v) is 5.58. The zero-order valence-electron chi connectivity index (χ0n) is 10.0. The Morgan fingerprint density at radius 3 is 2.56 bits per heavy atom. The smallest absolute Gasteiger partial charge is 0.374 e. The number of anilines is 2. The number of hydrogen-bond acceptors (Lipinski definition) is 2. The molecule has 0 saturated carbocycles. The van der Waals surface area contributed by atoms with Crippen molar-refractivity contribution in [2.24, 2.45) is 0 Å². The highest BCUT2D eigenvalue weighted by molar-refractivity contribution is 6.03. The monoisotopic (exact) mass is 258 g/mol. The first-order valence-electron chi connectivity index (χ1n) is 5.58. The second-order valence-electron chi connectivity index (χ2n) is 4.44. The third kappa shape index (κ3) is 2.14. The predicted molar refractivity (Wildman–Crippen MR) is 62.6 cm³/mol. The Balaban J connectivity index is 2.47. The average molecular weight is 258 g/mol. The number of rotatable bonds is 1. The maximum absolute atomic E-state index is 12.6. The van der Waals surface area contributed by atoms with Crippen molar-refractivity contribution in [3.05, 3.63) is 23.8 Å². The van der Waals surface area contributed by atoms with E-state index in [1.165, 1.54) is 11.0 Å². The molecule has 0 unspecified atom stereocenters. The Bertz CT molecular complexity index is 483. The van der Waals surface area contributed by atoms with E-state index < -0.39 is 11.7 Å². The molecule has 1 aromatic rings. The van der Waals surface area contributed by atoms with Crippen LogP contribution in [0.1, 0.15) is 19.4 Å². The van der Waals surface area contributed by atoms with Crippen LogP contribution in [-0.2, 0) is 11.0 Å². The zero-order valence-corrected chi connectivity index (χ0v) is 10.0. The third-order valence-electron chi connectivity index (χ3n) is 2.80. The number of benzene rings is 1. The molecule has 2 rings (SSSR count). The zero-order chi connectivity index (χ0) is 13.5. The van der Waals surface area contributed by atoms with Crippen LogP contribution in [0.4, 0.5) is 24.5 Å². The van der Waals surface area contributed by atoms with Gasteiger partial charge in [0, 0.05) is 6.04 Å². The highest BCUT2D eigenvalue weighted by Gasteiger charge is 2.33. The summed E-state index contributed by atoms with van der Waals surface area (Å²) in [5.74, 6) is -0.141. The molecule has 1 amide bonds. The van der Waals surface area contributed by atoms with Gasteiger partial charge < -0.3 is 10.2 Å². The van der Waals surface area contributed by atoms with Crippen LogP contribution in [0.3, 0.4) is 0 Å². The van der Waals surface area contributed by atoms with Crippen molar-refractivity contribution in [2.75, 3.05) is 16.8 Å². The van der Waals surface area contributed by atoms with E-state index in [0.717, 1.165) is 12.1 Å². The lowest BCUT2D eigenvalue weighted by Crippen LogP contribution is -2.44. The van der Waals surface area contributed by atoms with Gasteiger partial charge in [0.05, 0.1) is 23.5 Å². The molecule has 18 heavy (non-hydrogen) atoms. The number of halogens is 3. The Hall–Kier alpha value is -1.72. The van der Waals surface area contributed by atoms with E-state index in [-0.39, 0.29) is 18.5 Å². The lowest BCUT2D eigenvalue weighted by Gasteiger charge is -2.33. The van der Waals surface area contributed by atoms with Crippen molar-refractivity contribution in [3.63, 3.8) is 0 Å². The van der Waals surface area contributed by atoms with Gasteiger partial charge in [0.25, 0.3) is 0 Å². The van der Waals surface area contributed by atoms with Gasteiger partial charge in [-0.3, -0.25) is 4.79 Å². The second-order valence-corrected chi connectivity index (χ2v) is 4.44. The summed E-state index contributed by atoms with van der Waals surface area (Å²) in [4.78, 5) is 13.2. The second kappa shape index (κ2) is 4.19. The Morgan fingerprint density at radius 2 is 2.00 bits per heavy atom. The molecule has 0 spiro atoms. The number of hydrogen-bond donors (Lipinski definition) is 1. The summed E-state index contributed by atoms with van der Waals surface area (Å²) in [5, 5.41) is 2.72. The molecule has 0 saturated heterocycles. The van der Waals surface area contributed by atoms with E-state index in [2.05, 4.69) is 5.32 Å². The topological polar surface area (TPSA) is 32.3 Å². The summed E-state index contributed by atoms with van der Waals surface area (Å²) in [6, 6.07) is 3.28. The molecule has 0 radical (unpaired) electrons. The molecule has 0 aliphatic carbocycles. The van der Waals surface area contributed by atoms with Crippen LogP contribution in [0.5, 0.6) is 0 Å². The highest BCUT2D eigenvalue weighted by Crippen LogP contribution is 2.37. The van der Waals surface area contributed by atoms with E-state index in [9.17, 15) is 18.0 Å². The number of amides is 1. The average Bonchev–Trinajstić information content (AvgIpc) is 2.26. The standard InChI is InChI=1S/C12H13F3N2O/c1-7(2)17-10-4-3-8(12(13,14)15)5-9(10)16-6-11(17)18/h3-5,7,16H,6H2,1-2H3. The molecule has 0 atom stereocenters. The molecule has 6 heteroatoms. The molecule has 0 aromatic heterocycles. The summed E-state index contributed by atoms with van der Waals surface area (Å²) < 4.78 is 37.7. The van der Waals surface area contributed by atoms with Gasteiger partial charge >= 0.3 is 6.18 Å². The highest BCUT2D eigenvalue weighted by atomic mass is 19.4. The third-order valence-corrected chi connectivity index (χ3v) is 2.80. The summed E-state index contributed by atoms with van der Waals surface area (Å²) in [5.41, 5.74) is 0.124. The fourth-order valence-corrected chi connectivity index (χ4v) is 2.02. The van der Waals surface area contributed by atoms with Crippen LogP contribution < -0.4 is 10.2 Å². The minimum atomic E-state index is -4.37. The van der Waals surface area contributed by atoms with E-state index in [1.807, 2.05) is 13.8 Å². The molecule has 3 nitrogen and oxygen atoms in total. The maximum Gasteiger partial charge on any atom is 0.416 e. The van der Waals surface area contributed by atoms with Gasteiger partial charge in [0.2, 0.25) is 5.91 Å². The Morgan fingerprint density at radius 1 is 1.33 bits per heavy atom. The SMILES string of the molecule is CC(C)N1C(=O)CNc2cc(C(F)(F)F)ccc21. The Kier molecular flexibility index (Phi) is 2.96. The first-order chi connectivity index (χ1) is 8.30. The van der Waals surface area contributed by atoms with Crippen molar-refractivity contribution >= 4 is 17.3 Å². The van der Waals surface area contributed by atoms with Gasteiger partial charge in [-0.05, 0) is 32.0 Å². The lowest BCUT2D eigenvalue weighted by atomic mass is 10.1. The number of fused-ring (bicyclic) bond motifs is 1. The lowest BCUT2D eigenvalue weighted by molar-refractivity contribution is -0.137. The minimum Gasteiger partial charge on any atom is -0.374 e. The molecular formula is C12H13F3N2O. The summed E-state index contributed by atoms with van der Waals surface area (Å²) in [6.45, 7) is 3.67. The molecule has 1 aliphatic rings. The van der Waals surface area contributed by atoms with Gasteiger partial charge in [-0.15, -0.1) is 0 Å². The minimum absolute atomic E-state index is 0.0203. The summed E-state index contributed by atoms with van der Waals surface area (Å²) in [6.07, 6.45) is -4.37. The molecular weight excluding hydrogens is 245 g/mol. The first kappa shape index (κ1) is 12.7. The van der Waals surface area contributed by atoms with Crippen LogP contribution in [0.25, 0.3) is 0 Å². The number of carbonyl (C=O) groups excluding carboxylic acids is 1. The van der Waals surface area contributed by atoms with Gasteiger partial charge in [-0.2, -0.15) is 13.2 Å². The fourth-order valence-electron chi connectivity index (χ4n) is 2.02. The van der Waals surface area contributed by atoms with Crippen molar-refractivity contribution in [3.8, 4) is 0 Å². The van der Waals surface area contributed by atoms with Crippen LogP contribution in [0.15, 0.2) is 18.2 Å². The number of alkyl halides is 3. The number of nitrogens with zero attached hydrogens (tertiary/aromatic N) is 1. The van der Waals surface area contributed by atoms with Crippen molar-refractivity contribution < 1.29 is 18.0 Å². The molecule has 0 bridgehead atoms. The van der Waals surface area contributed by atoms with Crippen LogP contribution in [0.2, 0.25) is 0 Å². The molecule has 1 aliphatic heterocycles. The molecule has 1 heterocycles. The van der Waals surface area contributed by atoms with Gasteiger partial charge in [-0.1, -0.05) is 0 Å². The van der Waals surface area contributed by atoms with Gasteiger partial charge in [-0.25, -0.2) is 0 Å². The quantitative estimate of drug-likeness (QED) is 0.840. The van der Waals surface area contributed by atoms with Crippen molar-refractivity contribution in [2.45, 2.75) is 26.1 Å². The van der Waals surface area contributed by atoms with E-state index in [0.29, 0.717) is 11.4 Å². The fraction of sp³-hybridized carbons (Fsp3) is 0.417.